The van der Waals surface area contributed by atoms with Crippen molar-refractivity contribution < 1.29 is 14.3 Å². The molecule has 2 rings (SSSR count). The van der Waals surface area contributed by atoms with Crippen molar-refractivity contribution in [2.75, 3.05) is 0 Å². The van der Waals surface area contributed by atoms with Gasteiger partial charge in [0.05, 0.1) is 0 Å². The average Bonchev–Trinajstić information content (AvgIpc) is 2.55. The molecule has 0 fully saturated rings. The summed E-state index contributed by atoms with van der Waals surface area (Å²) in [5.41, 5.74) is 5.99. The molecule has 0 aliphatic rings. The van der Waals surface area contributed by atoms with Crippen molar-refractivity contribution in [3.05, 3.63) is 65.2 Å². The number of nitrogens with two attached hydrogens (primary N) is 1. The highest BCUT2D eigenvalue weighted by Gasteiger charge is 2.23. The molecule has 2 amide bonds. The van der Waals surface area contributed by atoms with Crippen LogP contribution in [0.5, 0.6) is 5.75 Å². The number of halogens is 1. The molecule has 120 valence electrons. The number of hydrogen-bond donors (Lipinski definition) is 2. The molecule has 2 aromatic rings. The lowest BCUT2D eigenvalue weighted by atomic mass is 10.1. The number of primary amides is 1. The number of hydrogen-bond acceptors (Lipinski definition) is 3. The zero-order chi connectivity index (χ0) is 16.8. The summed E-state index contributed by atoms with van der Waals surface area (Å²) in [6.07, 6.45) is -0.790. The smallest absolute Gasteiger partial charge is 0.261 e. The Morgan fingerprint density at radius 2 is 1.70 bits per heavy atom. The molecule has 0 aromatic heterocycles. The summed E-state index contributed by atoms with van der Waals surface area (Å²) in [5, 5.41) is 3.18. The lowest BCUT2D eigenvalue weighted by Gasteiger charge is -2.19. The summed E-state index contributed by atoms with van der Waals surface area (Å²) in [4.78, 5) is 23.8. The van der Waals surface area contributed by atoms with Crippen molar-refractivity contribution in [1.29, 1.82) is 0 Å². The number of rotatable bonds is 6. The molecule has 0 heterocycles. The van der Waals surface area contributed by atoms with Crippen LogP contribution in [0.15, 0.2) is 54.6 Å². The third-order valence-corrected chi connectivity index (χ3v) is 3.45. The maximum atomic E-state index is 12.2. The van der Waals surface area contributed by atoms with Gasteiger partial charge in [-0.3, -0.25) is 9.59 Å². The van der Waals surface area contributed by atoms with E-state index in [0.717, 1.165) is 0 Å². The van der Waals surface area contributed by atoms with Gasteiger partial charge in [-0.05, 0) is 36.8 Å². The molecule has 5 nitrogen and oxygen atoms in total. The second kappa shape index (κ2) is 7.65. The average molecular weight is 333 g/mol. The molecular weight excluding hydrogens is 316 g/mol. The van der Waals surface area contributed by atoms with Gasteiger partial charge in [-0.25, -0.2) is 0 Å². The van der Waals surface area contributed by atoms with E-state index in [9.17, 15) is 9.59 Å². The zero-order valence-electron chi connectivity index (χ0n) is 12.5. The van der Waals surface area contributed by atoms with Crippen LogP contribution in [0, 0.1) is 0 Å². The Balaban J connectivity index is 2.03. The minimum Gasteiger partial charge on any atom is -0.481 e. The molecule has 0 aliphatic carbocycles. The van der Waals surface area contributed by atoms with E-state index in [2.05, 4.69) is 5.32 Å². The lowest BCUT2D eigenvalue weighted by Crippen LogP contribution is -2.43. The monoisotopic (exact) mass is 332 g/mol. The Bertz CT molecular complexity index is 674. The van der Waals surface area contributed by atoms with Crippen molar-refractivity contribution in [1.82, 2.24) is 5.32 Å². The van der Waals surface area contributed by atoms with Crippen molar-refractivity contribution in [3.63, 3.8) is 0 Å². The van der Waals surface area contributed by atoms with Crippen LogP contribution in [0.1, 0.15) is 18.5 Å². The van der Waals surface area contributed by atoms with E-state index >= 15 is 0 Å². The number of carbonyl (C=O) groups excluding carboxylic acids is 2. The zero-order valence-corrected chi connectivity index (χ0v) is 13.3. The van der Waals surface area contributed by atoms with E-state index in [1.165, 1.54) is 0 Å². The fourth-order valence-corrected chi connectivity index (χ4v) is 2.12. The van der Waals surface area contributed by atoms with Crippen LogP contribution in [0.3, 0.4) is 0 Å². The van der Waals surface area contributed by atoms with Crippen LogP contribution in [-0.2, 0) is 9.59 Å². The van der Waals surface area contributed by atoms with Gasteiger partial charge in [0.15, 0.2) is 6.10 Å². The second-order valence-corrected chi connectivity index (χ2v) is 5.41. The first-order valence-electron chi connectivity index (χ1n) is 7.04. The summed E-state index contributed by atoms with van der Waals surface area (Å²) in [7, 11) is 0. The van der Waals surface area contributed by atoms with Crippen LogP contribution in [0.2, 0.25) is 5.02 Å². The molecule has 0 bridgehead atoms. The van der Waals surface area contributed by atoms with Crippen molar-refractivity contribution in [3.8, 4) is 5.75 Å². The SMILES string of the molecule is C[C@@H](Oc1ccc(Cl)cc1)C(=O)N[C@H](C(N)=O)c1ccccc1. The van der Waals surface area contributed by atoms with Gasteiger partial charge in [-0.1, -0.05) is 41.9 Å². The summed E-state index contributed by atoms with van der Waals surface area (Å²) in [6, 6.07) is 14.5. The summed E-state index contributed by atoms with van der Waals surface area (Å²) < 4.78 is 5.52. The van der Waals surface area contributed by atoms with Crippen molar-refractivity contribution in [2.45, 2.75) is 19.1 Å². The molecule has 0 aliphatic heterocycles. The maximum absolute atomic E-state index is 12.2. The fraction of sp³-hybridized carbons (Fsp3) is 0.176. The molecule has 23 heavy (non-hydrogen) atoms. The fourth-order valence-electron chi connectivity index (χ4n) is 1.99. The highest BCUT2D eigenvalue weighted by Crippen LogP contribution is 2.17. The van der Waals surface area contributed by atoms with Gasteiger partial charge in [0.1, 0.15) is 11.8 Å². The third-order valence-electron chi connectivity index (χ3n) is 3.20. The Labute approximate surface area is 139 Å². The van der Waals surface area contributed by atoms with E-state index in [4.69, 9.17) is 22.1 Å². The number of benzene rings is 2. The molecule has 3 N–H and O–H groups in total. The Morgan fingerprint density at radius 3 is 2.26 bits per heavy atom. The highest BCUT2D eigenvalue weighted by atomic mass is 35.5. The van der Waals surface area contributed by atoms with E-state index in [-0.39, 0.29) is 0 Å². The van der Waals surface area contributed by atoms with E-state index in [1.807, 2.05) is 6.07 Å². The summed E-state index contributed by atoms with van der Waals surface area (Å²) in [5.74, 6) is -0.566. The molecule has 6 heteroatoms. The molecule has 0 unspecified atom stereocenters. The van der Waals surface area contributed by atoms with Crippen molar-refractivity contribution >= 4 is 23.4 Å². The van der Waals surface area contributed by atoms with E-state index in [0.29, 0.717) is 16.3 Å². The first-order chi connectivity index (χ1) is 11.0. The van der Waals surface area contributed by atoms with E-state index < -0.39 is 24.0 Å². The predicted molar refractivity (Wildman–Crippen MR) is 88.1 cm³/mol. The van der Waals surface area contributed by atoms with Crippen LogP contribution in [0.25, 0.3) is 0 Å². The number of nitrogens with one attached hydrogen (secondary N) is 1. The third kappa shape index (κ3) is 4.72. The molecule has 2 aromatic carbocycles. The van der Waals surface area contributed by atoms with Gasteiger partial charge >= 0.3 is 0 Å². The van der Waals surface area contributed by atoms with E-state index in [1.54, 1.807) is 55.5 Å². The normalized spacial score (nSPS) is 13.0. The molecule has 0 saturated carbocycles. The molecular formula is C17H17ClN2O3. The minimum absolute atomic E-state index is 0.437. The lowest BCUT2D eigenvalue weighted by molar-refractivity contribution is -0.131. The van der Waals surface area contributed by atoms with Crippen LogP contribution >= 0.6 is 11.6 Å². The maximum Gasteiger partial charge on any atom is 0.261 e. The topological polar surface area (TPSA) is 81.4 Å². The standard InChI is InChI=1S/C17H17ClN2O3/c1-11(23-14-9-7-13(18)8-10-14)17(22)20-15(16(19)21)12-5-3-2-4-6-12/h2-11,15H,1H3,(H2,19,21)(H,20,22)/t11-,15+/m1/s1. The van der Waals surface area contributed by atoms with Crippen LogP contribution < -0.4 is 15.8 Å². The predicted octanol–water partition coefficient (Wildman–Crippen LogP) is 2.45. The van der Waals surface area contributed by atoms with Gasteiger partial charge in [0.2, 0.25) is 5.91 Å². The Kier molecular flexibility index (Phi) is 5.60. The first-order valence-corrected chi connectivity index (χ1v) is 7.42. The quantitative estimate of drug-likeness (QED) is 0.852. The van der Waals surface area contributed by atoms with Gasteiger partial charge < -0.3 is 15.8 Å². The Hall–Kier alpha value is -2.53. The van der Waals surface area contributed by atoms with Crippen LogP contribution in [-0.4, -0.2) is 17.9 Å². The molecule has 0 radical (unpaired) electrons. The highest BCUT2D eigenvalue weighted by molar-refractivity contribution is 6.30. The number of amides is 2. The minimum atomic E-state index is -0.903. The van der Waals surface area contributed by atoms with Crippen LogP contribution in [0.4, 0.5) is 0 Å². The first kappa shape index (κ1) is 16.8. The van der Waals surface area contributed by atoms with Gasteiger partial charge in [-0.2, -0.15) is 0 Å². The molecule has 0 spiro atoms. The molecule has 2 atom stereocenters. The Morgan fingerprint density at radius 1 is 1.09 bits per heavy atom. The van der Waals surface area contributed by atoms with Gasteiger partial charge in [0, 0.05) is 5.02 Å². The number of carbonyl (C=O) groups is 2. The molecule has 0 saturated heterocycles. The van der Waals surface area contributed by atoms with Gasteiger partial charge in [0.25, 0.3) is 5.91 Å². The second-order valence-electron chi connectivity index (χ2n) is 4.97. The number of ether oxygens (including phenoxy) is 1. The summed E-state index contributed by atoms with van der Waals surface area (Å²) in [6.45, 7) is 1.59. The van der Waals surface area contributed by atoms with Gasteiger partial charge in [-0.15, -0.1) is 0 Å². The van der Waals surface area contributed by atoms with Crippen molar-refractivity contribution in [2.24, 2.45) is 5.73 Å². The largest absolute Gasteiger partial charge is 0.481 e. The summed E-state index contributed by atoms with van der Waals surface area (Å²) >= 11 is 5.80.